The number of hydrogen-bond donors (Lipinski definition) is 1. The van der Waals surface area contributed by atoms with Crippen molar-refractivity contribution in [2.45, 2.75) is 25.9 Å². The molecule has 0 fully saturated rings. The van der Waals surface area contributed by atoms with E-state index in [-0.39, 0.29) is 18.4 Å². The van der Waals surface area contributed by atoms with E-state index >= 15 is 0 Å². The Kier molecular flexibility index (Phi) is 8.93. The van der Waals surface area contributed by atoms with Crippen LogP contribution in [0.5, 0.6) is 11.5 Å². The summed E-state index contributed by atoms with van der Waals surface area (Å²) in [6.07, 6.45) is 0.602. The monoisotopic (exact) mass is 480 g/mol. The van der Waals surface area contributed by atoms with Gasteiger partial charge in [-0.25, -0.2) is 0 Å². The third kappa shape index (κ3) is 6.51. The van der Waals surface area contributed by atoms with Crippen molar-refractivity contribution in [3.8, 4) is 11.5 Å². The molecule has 3 aromatic carbocycles. The molecule has 1 N–H and O–H groups in total. The molecule has 0 radical (unpaired) electrons. The van der Waals surface area contributed by atoms with Crippen LogP contribution >= 0.6 is 11.6 Å². The van der Waals surface area contributed by atoms with E-state index < -0.39 is 6.04 Å². The molecule has 1 unspecified atom stereocenters. The van der Waals surface area contributed by atoms with Crippen LogP contribution in [-0.4, -0.2) is 37.5 Å². The minimum absolute atomic E-state index is 0.196. The van der Waals surface area contributed by atoms with E-state index in [0.29, 0.717) is 29.5 Å². The maximum Gasteiger partial charge on any atom is 0.247 e. The Morgan fingerprint density at radius 2 is 1.56 bits per heavy atom. The molecule has 0 aliphatic heterocycles. The minimum Gasteiger partial charge on any atom is -0.493 e. The lowest BCUT2D eigenvalue weighted by atomic mass is 10.0. The molecule has 0 aliphatic carbocycles. The van der Waals surface area contributed by atoms with E-state index in [1.54, 1.807) is 31.3 Å². The maximum absolute atomic E-state index is 13.4. The molecule has 0 aliphatic rings. The van der Waals surface area contributed by atoms with Gasteiger partial charge in [-0.1, -0.05) is 60.1 Å². The van der Waals surface area contributed by atoms with Crippen LogP contribution in [0.25, 0.3) is 0 Å². The van der Waals surface area contributed by atoms with Crippen LogP contribution in [-0.2, 0) is 22.6 Å². The summed E-state index contributed by atoms with van der Waals surface area (Å²) in [4.78, 5) is 27.6. The van der Waals surface area contributed by atoms with E-state index in [2.05, 4.69) is 5.32 Å². The number of methoxy groups -OCH3 is 2. The van der Waals surface area contributed by atoms with Gasteiger partial charge in [0.05, 0.1) is 14.2 Å². The predicted molar refractivity (Wildman–Crippen MR) is 133 cm³/mol. The van der Waals surface area contributed by atoms with Crippen molar-refractivity contribution in [1.29, 1.82) is 0 Å². The highest BCUT2D eigenvalue weighted by molar-refractivity contribution is 6.30. The van der Waals surface area contributed by atoms with Crippen LogP contribution < -0.4 is 14.8 Å². The molecule has 0 saturated carbocycles. The summed E-state index contributed by atoms with van der Waals surface area (Å²) in [6, 6.07) is 21.5. The average Bonchev–Trinajstić information content (AvgIpc) is 2.85. The van der Waals surface area contributed by atoms with Crippen LogP contribution in [0.4, 0.5) is 0 Å². The molecule has 6 nitrogen and oxygen atoms in total. The molecule has 0 saturated heterocycles. The van der Waals surface area contributed by atoms with Gasteiger partial charge in [-0.15, -0.1) is 0 Å². The van der Waals surface area contributed by atoms with Crippen LogP contribution in [0.1, 0.15) is 29.7 Å². The zero-order valence-corrected chi connectivity index (χ0v) is 20.3. The molecule has 3 rings (SSSR count). The first-order valence-corrected chi connectivity index (χ1v) is 11.4. The highest BCUT2D eigenvalue weighted by Gasteiger charge is 2.29. The predicted octanol–water partition coefficient (Wildman–Crippen LogP) is 4.81. The minimum atomic E-state index is -0.764. The number of ether oxygens (including phenoxy) is 2. The standard InChI is InChI=1S/C27H29ClN2O4/c1-19(31)30(18-21-9-12-23(28)13-10-21)26(22-7-5-4-6-8-22)27(32)29-16-15-20-11-14-24(33-2)25(17-20)34-3/h4-14,17,26H,15-16,18H2,1-3H3,(H,29,32). The van der Waals surface area contributed by atoms with E-state index in [1.165, 1.54) is 6.92 Å². The van der Waals surface area contributed by atoms with Gasteiger partial charge in [0, 0.05) is 25.0 Å². The lowest BCUT2D eigenvalue weighted by molar-refractivity contribution is -0.140. The third-order valence-corrected chi connectivity index (χ3v) is 5.76. The summed E-state index contributed by atoms with van der Waals surface area (Å²) in [5, 5.41) is 3.62. The molecule has 2 amide bonds. The van der Waals surface area contributed by atoms with Gasteiger partial charge in [0.1, 0.15) is 6.04 Å². The summed E-state index contributed by atoms with van der Waals surface area (Å²) in [5.74, 6) is 0.854. The fourth-order valence-electron chi connectivity index (χ4n) is 3.74. The van der Waals surface area contributed by atoms with Crippen molar-refractivity contribution in [1.82, 2.24) is 10.2 Å². The number of amides is 2. The molecule has 0 spiro atoms. The van der Waals surface area contributed by atoms with Crippen molar-refractivity contribution in [3.63, 3.8) is 0 Å². The molecule has 178 valence electrons. The van der Waals surface area contributed by atoms with Gasteiger partial charge in [0.15, 0.2) is 11.5 Å². The number of rotatable bonds is 10. The third-order valence-electron chi connectivity index (χ3n) is 5.51. The quantitative estimate of drug-likeness (QED) is 0.452. The summed E-state index contributed by atoms with van der Waals surface area (Å²) in [7, 11) is 3.18. The van der Waals surface area contributed by atoms with Gasteiger partial charge >= 0.3 is 0 Å². The number of halogens is 1. The van der Waals surface area contributed by atoms with Crippen LogP contribution in [0, 0.1) is 0 Å². The van der Waals surface area contributed by atoms with E-state index in [4.69, 9.17) is 21.1 Å². The Balaban J connectivity index is 1.77. The summed E-state index contributed by atoms with van der Waals surface area (Å²) in [6.45, 7) is 2.17. The molecular weight excluding hydrogens is 452 g/mol. The second kappa shape index (κ2) is 12.1. The summed E-state index contributed by atoms with van der Waals surface area (Å²) < 4.78 is 10.6. The van der Waals surface area contributed by atoms with Gasteiger partial charge in [0.2, 0.25) is 11.8 Å². The second-order valence-electron chi connectivity index (χ2n) is 7.82. The van der Waals surface area contributed by atoms with E-state index in [0.717, 1.165) is 16.7 Å². The van der Waals surface area contributed by atoms with Crippen molar-refractivity contribution in [2.75, 3.05) is 20.8 Å². The first kappa shape index (κ1) is 25.1. The Hall–Kier alpha value is -3.51. The fourth-order valence-corrected chi connectivity index (χ4v) is 3.87. The Morgan fingerprint density at radius 1 is 0.912 bits per heavy atom. The first-order valence-electron chi connectivity index (χ1n) is 11.0. The molecule has 3 aromatic rings. The van der Waals surface area contributed by atoms with E-state index in [1.807, 2.05) is 60.7 Å². The summed E-state index contributed by atoms with van der Waals surface area (Å²) >= 11 is 6.00. The summed E-state index contributed by atoms with van der Waals surface area (Å²) in [5.41, 5.74) is 2.63. The van der Waals surface area contributed by atoms with Crippen LogP contribution in [0.15, 0.2) is 72.8 Å². The molecule has 7 heteroatoms. The molecule has 0 bridgehead atoms. The van der Waals surface area contributed by atoms with Gasteiger partial charge in [-0.05, 0) is 47.4 Å². The molecular formula is C27H29ClN2O4. The van der Waals surface area contributed by atoms with Gasteiger partial charge in [-0.3, -0.25) is 9.59 Å². The number of benzene rings is 3. The zero-order chi connectivity index (χ0) is 24.5. The van der Waals surface area contributed by atoms with Crippen LogP contribution in [0.3, 0.4) is 0 Å². The van der Waals surface area contributed by atoms with E-state index in [9.17, 15) is 9.59 Å². The first-order chi connectivity index (χ1) is 16.4. The number of carbonyl (C=O) groups excluding carboxylic acids is 2. The highest BCUT2D eigenvalue weighted by Crippen LogP contribution is 2.28. The Morgan fingerprint density at radius 3 is 2.18 bits per heavy atom. The Bertz CT molecular complexity index is 1100. The maximum atomic E-state index is 13.4. The zero-order valence-electron chi connectivity index (χ0n) is 19.6. The average molecular weight is 481 g/mol. The lowest BCUT2D eigenvalue weighted by Gasteiger charge is -2.30. The number of hydrogen-bond acceptors (Lipinski definition) is 4. The molecule has 0 heterocycles. The van der Waals surface area contributed by atoms with Crippen LogP contribution in [0.2, 0.25) is 5.02 Å². The largest absolute Gasteiger partial charge is 0.493 e. The smallest absolute Gasteiger partial charge is 0.247 e. The van der Waals surface area contributed by atoms with Crippen molar-refractivity contribution < 1.29 is 19.1 Å². The normalized spacial score (nSPS) is 11.4. The lowest BCUT2D eigenvalue weighted by Crippen LogP contribution is -2.43. The van der Waals surface area contributed by atoms with Gasteiger partial charge < -0.3 is 19.7 Å². The second-order valence-corrected chi connectivity index (χ2v) is 8.25. The number of nitrogens with zero attached hydrogens (tertiary/aromatic N) is 1. The number of carbonyl (C=O) groups is 2. The van der Waals surface area contributed by atoms with Crippen molar-refractivity contribution >= 4 is 23.4 Å². The van der Waals surface area contributed by atoms with Crippen molar-refractivity contribution in [3.05, 3.63) is 94.5 Å². The van der Waals surface area contributed by atoms with Crippen molar-refractivity contribution in [2.24, 2.45) is 0 Å². The SMILES string of the molecule is COc1ccc(CCNC(=O)C(c2ccccc2)N(Cc2ccc(Cl)cc2)C(C)=O)cc1OC. The molecule has 1 atom stereocenters. The molecule has 34 heavy (non-hydrogen) atoms. The topological polar surface area (TPSA) is 67.9 Å². The van der Waals surface area contributed by atoms with Gasteiger partial charge in [-0.2, -0.15) is 0 Å². The fraction of sp³-hybridized carbons (Fsp3) is 0.259. The molecule has 0 aromatic heterocycles. The Labute approximate surface area is 205 Å². The van der Waals surface area contributed by atoms with Gasteiger partial charge in [0.25, 0.3) is 0 Å². The highest BCUT2D eigenvalue weighted by atomic mass is 35.5. The number of nitrogens with one attached hydrogen (secondary N) is 1.